The van der Waals surface area contributed by atoms with Gasteiger partial charge in [-0.3, -0.25) is 4.79 Å². The lowest BCUT2D eigenvalue weighted by Gasteiger charge is -1.64. The molecule has 0 aromatic rings. The van der Waals surface area contributed by atoms with Gasteiger partial charge in [0, 0.05) is 0 Å². The fourth-order valence-electron chi connectivity index (χ4n) is 0. The van der Waals surface area contributed by atoms with Crippen molar-refractivity contribution in [2.24, 2.45) is 0 Å². The van der Waals surface area contributed by atoms with Crippen molar-refractivity contribution in [3.63, 3.8) is 0 Å². The van der Waals surface area contributed by atoms with Crippen molar-refractivity contribution in [2.45, 2.75) is 6.82 Å². The zero-order valence-corrected chi connectivity index (χ0v) is 3.62. The highest BCUT2D eigenvalue weighted by Gasteiger charge is 1.84. The number of carbonyl (C=O) groups is 1. The van der Waals surface area contributed by atoms with Gasteiger partial charge in [0.1, 0.15) is 0 Å². The average molecular weight is 89.3 g/mol. The van der Waals surface area contributed by atoms with E-state index in [0.717, 1.165) is 0 Å². The van der Waals surface area contributed by atoms with Crippen LogP contribution in [0.15, 0.2) is 0 Å². The molecule has 0 fully saturated rings. The first-order valence-corrected chi connectivity index (χ1v) is 1.64. The molecule has 0 aromatic carbocycles. The van der Waals surface area contributed by atoms with Gasteiger partial charge in [0.05, 0.1) is 0 Å². The Labute approximate surface area is 36.6 Å². The Bertz CT molecular complexity index is 44.9. The van der Waals surface area contributed by atoms with Crippen LogP contribution in [0.4, 0.5) is 4.79 Å². The second-order valence-corrected chi connectivity index (χ2v) is 0.965. The molecule has 5 heavy (non-hydrogen) atoms. The Hall–Kier alpha value is 0.0249. The highest BCUT2D eigenvalue weighted by atomic mass is 35.5. The summed E-state index contributed by atoms with van der Waals surface area (Å²) in [7, 11) is 1.29. The van der Waals surface area contributed by atoms with Gasteiger partial charge in [0.25, 0.3) is 0 Å². The molecule has 0 aliphatic rings. The van der Waals surface area contributed by atoms with E-state index in [1.807, 2.05) is 0 Å². The summed E-state index contributed by atoms with van der Waals surface area (Å²) in [6.45, 7) is 1.59. The third-order valence-corrected chi connectivity index (χ3v) is 0.445. The zero-order chi connectivity index (χ0) is 4.28. The van der Waals surface area contributed by atoms with Gasteiger partial charge in [-0.2, -0.15) is 0 Å². The maximum absolute atomic E-state index is 9.52. The molecule has 0 aromatic heterocycles. The van der Waals surface area contributed by atoms with Crippen LogP contribution in [0.2, 0.25) is 6.82 Å². The molecule has 0 bridgehead atoms. The third kappa shape index (κ3) is 4.02. The summed E-state index contributed by atoms with van der Waals surface area (Å²) in [5.74, 6) is 0. The SMILES string of the molecule is C[B]C(=O)Cl. The molecule has 1 radical (unpaired) electrons. The largest absolute Gasteiger partial charge is 0.294 e. The van der Waals surface area contributed by atoms with Gasteiger partial charge in [-0.05, 0) is 0 Å². The van der Waals surface area contributed by atoms with E-state index < -0.39 is 5.14 Å². The summed E-state index contributed by atoms with van der Waals surface area (Å²) in [5.41, 5.74) is 0. The molecule has 0 amide bonds. The molecule has 0 N–H and O–H groups in total. The maximum Gasteiger partial charge on any atom is 0.221 e. The number of hydrogen-bond acceptors (Lipinski definition) is 1. The van der Waals surface area contributed by atoms with E-state index in [1.165, 1.54) is 7.28 Å². The summed E-state index contributed by atoms with van der Waals surface area (Å²) in [4.78, 5) is 9.52. The number of carbonyl (C=O) groups excluding carboxylic acids is 1. The fourth-order valence-corrected chi connectivity index (χ4v) is 0. The van der Waals surface area contributed by atoms with Crippen molar-refractivity contribution in [2.75, 3.05) is 0 Å². The van der Waals surface area contributed by atoms with Crippen molar-refractivity contribution in [1.82, 2.24) is 0 Å². The molecule has 0 saturated heterocycles. The van der Waals surface area contributed by atoms with Gasteiger partial charge in [0.2, 0.25) is 7.28 Å². The van der Waals surface area contributed by atoms with E-state index in [4.69, 9.17) is 11.6 Å². The van der Waals surface area contributed by atoms with Gasteiger partial charge in [-0.1, -0.05) is 18.4 Å². The number of rotatable bonds is 1. The molecule has 0 saturated carbocycles. The summed E-state index contributed by atoms with van der Waals surface area (Å²) >= 11 is 4.77. The summed E-state index contributed by atoms with van der Waals surface area (Å²) < 4.78 is 0. The van der Waals surface area contributed by atoms with E-state index in [2.05, 4.69) is 0 Å². The highest BCUT2D eigenvalue weighted by Crippen LogP contribution is 1.75. The molecular formula is C2H3BClO. The lowest BCUT2D eigenvalue weighted by atomic mass is 9.86. The highest BCUT2D eigenvalue weighted by molar-refractivity contribution is 6.98. The first-order valence-electron chi connectivity index (χ1n) is 1.26. The minimum atomic E-state index is -0.398. The van der Waals surface area contributed by atoms with Crippen LogP contribution < -0.4 is 0 Å². The van der Waals surface area contributed by atoms with Gasteiger partial charge < -0.3 is 0 Å². The van der Waals surface area contributed by atoms with Gasteiger partial charge >= 0.3 is 0 Å². The van der Waals surface area contributed by atoms with E-state index >= 15 is 0 Å². The second-order valence-electron chi connectivity index (χ2n) is 0.593. The molecule has 0 spiro atoms. The Kier molecular flexibility index (Phi) is 2.28. The van der Waals surface area contributed by atoms with Crippen molar-refractivity contribution >= 4 is 24.0 Å². The minimum Gasteiger partial charge on any atom is -0.294 e. The second kappa shape index (κ2) is 2.27. The van der Waals surface area contributed by atoms with Crippen LogP contribution in [0.1, 0.15) is 0 Å². The van der Waals surface area contributed by atoms with Crippen molar-refractivity contribution in [3.05, 3.63) is 0 Å². The summed E-state index contributed by atoms with van der Waals surface area (Å²) in [5, 5.41) is -0.398. The molecule has 0 aliphatic heterocycles. The quantitative estimate of drug-likeness (QED) is 0.347. The van der Waals surface area contributed by atoms with Crippen LogP contribution in [0, 0.1) is 0 Å². The monoisotopic (exact) mass is 89.0 g/mol. The van der Waals surface area contributed by atoms with E-state index in [-0.39, 0.29) is 0 Å². The predicted octanol–water partition coefficient (Wildman–Crippen LogP) is 1.10. The Morgan fingerprint density at radius 3 is 2.20 bits per heavy atom. The zero-order valence-electron chi connectivity index (χ0n) is 2.86. The number of hydrogen-bond donors (Lipinski definition) is 0. The third-order valence-electron chi connectivity index (χ3n) is 0.227. The molecule has 3 heteroatoms. The van der Waals surface area contributed by atoms with Crippen LogP contribution >= 0.6 is 11.6 Å². The Morgan fingerprint density at radius 1 is 2.00 bits per heavy atom. The normalized spacial score (nSPS) is 6.80. The van der Waals surface area contributed by atoms with Crippen molar-refractivity contribution in [3.8, 4) is 0 Å². The standard InChI is InChI=1S/C2H3BClO/c1-3-2(4)5/h1H3. The molecule has 1 nitrogen and oxygen atoms in total. The van der Waals surface area contributed by atoms with Crippen molar-refractivity contribution in [1.29, 1.82) is 0 Å². The molecule has 0 heterocycles. The lowest BCUT2D eigenvalue weighted by Crippen LogP contribution is -1.87. The van der Waals surface area contributed by atoms with Gasteiger partial charge in [-0.15, -0.1) is 0 Å². The first-order chi connectivity index (χ1) is 2.27. The number of halogens is 1. The van der Waals surface area contributed by atoms with Crippen LogP contribution in [0.25, 0.3) is 0 Å². The van der Waals surface area contributed by atoms with Crippen molar-refractivity contribution < 1.29 is 4.79 Å². The smallest absolute Gasteiger partial charge is 0.221 e. The molecule has 0 unspecified atom stereocenters. The lowest BCUT2D eigenvalue weighted by molar-refractivity contribution is 0.274. The first kappa shape index (κ1) is 5.02. The molecular weight excluding hydrogens is 86.3 g/mol. The predicted molar refractivity (Wildman–Crippen MR) is 22.9 cm³/mol. The van der Waals surface area contributed by atoms with E-state index in [9.17, 15) is 4.79 Å². The molecule has 0 atom stereocenters. The fraction of sp³-hybridized carbons (Fsp3) is 0.500. The Morgan fingerprint density at radius 2 is 2.20 bits per heavy atom. The molecule has 0 aliphatic carbocycles. The molecule has 0 rings (SSSR count). The van der Waals surface area contributed by atoms with Crippen LogP contribution in [-0.2, 0) is 0 Å². The summed E-state index contributed by atoms with van der Waals surface area (Å²) in [6, 6.07) is 0. The van der Waals surface area contributed by atoms with Crippen LogP contribution in [-0.4, -0.2) is 12.4 Å². The van der Waals surface area contributed by atoms with Gasteiger partial charge in [-0.25, -0.2) is 0 Å². The van der Waals surface area contributed by atoms with E-state index in [1.54, 1.807) is 6.82 Å². The minimum absolute atomic E-state index is 0.398. The van der Waals surface area contributed by atoms with Crippen LogP contribution in [0.5, 0.6) is 0 Å². The van der Waals surface area contributed by atoms with Gasteiger partial charge in [0.15, 0.2) is 5.14 Å². The van der Waals surface area contributed by atoms with E-state index in [0.29, 0.717) is 0 Å². The Balaban J connectivity index is 2.85. The maximum atomic E-state index is 9.52. The van der Waals surface area contributed by atoms with Crippen LogP contribution in [0.3, 0.4) is 0 Å². The molecule has 27 valence electrons. The average Bonchev–Trinajstić information content (AvgIpc) is 1.38. The summed E-state index contributed by atoms with van der Waals surface area (Å²) in [6.07, 6.45) is 0. The topological polar surface area (TPSA) is 17.1 Å².